The number of hydrogen-bond donors (Lipinski definition) is 1. The van der Waals surface area contributed by atoms with Crippen LogP contribution < -0.4 is 5.32 Å². The average molecular weight is 352 g/mol. The Balaban J connectivity index is 1.69. The van der Waals surface area contributed by atoms with Crippen molar-refractivity contribution < 1.29 is 19.1 Å². The summed E-state index contributed by atoms with van der Waals surface area (Å²) in [4.78, 5) is 38.2. The zero-order valence-electron chi connectivity index (χ0n) is 14.5. The van der Waals surface area contributed by atoms with Gasteiger partial charge in [0.2, 0.25) is 11.8 Å². The Kier molecular flexibility index (Phi) is 4.18. The van der Waals surface area contributed by atoms with Gasteiger partial charge in [0.05, 0.1) is 12.0 Å². The van der Waals surface area contributed by atoms with Crippen molar-refractivity contribution in [3.63, 3.8) is 0 Å². The Morgan fingerprint density at radius 2 is 2.08 bits per heavy atom. The fraction of sp³-hybridized carbons (Fsp3) is 0.706. The van der Waals surface area contributed by atoms with E-state index in [1.807, 2.05) is 25.7 Å². The van der Waals surface area contributed by atoms with Gasteiger partial charge in [0, 0.05) is 21.6 Å². The first kappa shape index (κ1) is 17.3. The Labute approximate surface area is 146 Å². The third-order valence-corrected chi connectivity index (χ3v) is 6.61. The van der Waals surface area contributed by atoms with Gasteiger partial charge in [-0.2, -0.15) is 0 Å². The van der Waals surface area contributed by atoms with Crippen molar-refractivity contribution in [3.05, 3.63) is 12.2 Å². The zero-order valence-corrected chi connectivity index (χ0v) is 15.3. The lowest BCUT2D eigenvalue weighted by atomic mass is 9.87. The molecule has 5 unspecified atom stereocenters. The molecule has 0 aromatic rings. The van der Waals surface area contributed by atoms with Crippen molar-refractivity contribution >= 4 is 29.5 Å². The number of hydrogen-bond acceptors (Lipinski definition) is 5. The number of likely N-dealkylation sites (tertiary alicyclic amines) is 1. The molecule has 0 aromatic heterocycles. The molecule has 132 valence electrons. The molecule has 2 amide bonds. The first-order valence-corrected chi connectivity index (χ1v) is 9.17. The van der Waals surface area contributed by atoms with Gasteiger partial charge < -0.3 is 15.0 Å². The molecule has 0 radical (unpaired) electrons. The normalized spacial score (nSPS) is 33.8. The van der Waals surface area contributed by atoms with Crippen LogP contribution in [0.2, 0.25) is 0 Å². The second kappa shape index (κ2) is 5.79. The smallest absolute Gasteiger partial charge is 0.325 e. The summed E-state index contributed by atoms with van der Waals surface area (Å²) in [5, 5.41) is 2.87. The summed E-state index contributed by atoms with van der Waals surface area (Å²) in [6.07, 6.45) is 0.476. The van der Waals surface area contributed by atoms with Gasteiger partial charge in [-0.3, -0.25) is 14.4 Å². The van der Waals surface area contributed by atoms with Gasteiger partial charge in [0.1, 0.15) is 12.6 Å². The van der Waals surface area contributed by atoms with Crippen molar-refractivity contribution in [2.75, 3.05) is 6.54 Å². The molecular formula is C17H24N2O4S. The molecule has 7 heteroatoms. The molecule has 6 nitrogen and oxygen atoms in total. The number of fused-ring (bicyclic) bond motifs is 1. The topological polar surface area (TPSA) is 75.7 Å². The monoisotopic (exact) mass is 352 g/mol. The lowest BCUT2D eigenvalue weighted by molar-refractivity contribution is -0.154. The summed E-state index contributed by atoms with van der Waals surface area (Å²) in [6.45, 7) is 11.0. The number of carbonyl (C=O) groups excluding carboxylic acids is 3. The quantitative estimate of drug-likeness (QED) is 0.606. The van der Waals surface area contributed by atoms with E-state index in [0.717, 1.165) is 6.42 Å². The summed E-state index contributed by atoms with van der Waals surface area (Å²) in [7, 11) is 0. The number of esters is 1. The van der Waals surface area contributed by atoms with E-state index >= 15 is 0 Å². The van der Waals surface area contributed by atoms with E-state index in [9.17, 15) is 14.4 Å². The van der Waals surface area contributed by atoms with Crippen molar-refractivity contribution in [2.45, 2.75) is 62.3 Å². The zero-order chi connectivity index (χ0) is 17.8. The van der Waals surface area contributed by atoms with E-state index in [1.165, 1.54) is 0 Å². The highest BCUT2D eigenvalue weighted by Gasteiger charge is 2.66. The van der Waals surface area contributed by atoms with Crippen LogP contribution >= 0.6 is 11.8 Å². The van der Waals surface area contributed by atoms with Gasteiger partial charge in [-0.25, -0.2) is 0 Å². The minimum atomic E-state index is -0.465. The van der Waals surface area contributed by atoms with E-state index in [1.54, 1.807) is 18.7 Å². The molecule has 0 spiro atoms. The highest BCUT2D eigenvalue weighted by Crippen LogP contribution is 2.58. The number of rotatable bonds is 4. The van der Waals surface area contributed by atoms with Crippen LogP contribution in [0.15, 0.2) is 12.2 Å². The predicted molar refractivity (Wildman–Crippen MR) is 91.4 cm³/mol. The van der Waals surface area contributed by atoms with E-state index in [2.05, 4.69) is 11.9 Å². The third kappa shape index (κ3) is 2.72. The maximum absolute atomic E-state index is 12.7. The molecule has 1 N–H and O–H groups in total. The molecule has 3 rings (SSSR count). The largest absolute Gasteiger partial charge is 0.458 e. The molecule has 5 atom stereocenters. The number of ether oxygens (including phenoxy) is 1. The molecule has 3 saturated heterocycles. The molecule has 2 bridgehead atoms. The molecule has 3 heterocycles. The average Bonchev–Trinajstić information content (AvgIpc) is 3.07. The Bertz CT molecular complexity index is 612. The standard InChI is InChI=1S/C17H24N2O4S/c1-8(2)15(21)18-7-11(20)23-13-10-6-9-14(24-10)12(13)19(16(9)22)17(3,4)5/h9-10,12-14H,1,6-7H2,2-5H3,(H,18,21). The minimum Gasteiger partial charge on any atom is -0.458 e. The van der Waals surface area contributed by atoms with Crippen LogP contribution in [-0.4, -0.2) is 57.4 Å². The number of carbonyl (C=O) groups is 3. The first-order valence-electron chi connectivity index (χ1n) is 8.23. The van der Waals surface area contributed by atoms with Crippen LogP contribution in [0.5, 0.6) is 0 Å². The Morgan fingerprint density at radius 3 is 2.67 bits per heavy atom. The highest BCUT2D eigenvalue weighted by molar-refractivity contribution is 8.01. The summed E-state index contributed by atoms with van der Waals surface area (Å²) < 4.78 is 5.68. The van der Waals surface area contributed by atoms with E-state index in [4.69, 9.17) is 4.74 Å². The van der Waals surface area contributed by atoms with Gasteiger partial charge in [-0.15, -0.1) is 11.8 Å². The lowest BCUT2D eigenvalue weighted by Crippen LogP contribution is -2.54. The summed E-state index contributed by atoms with van der Waals surface area (Å²) in [6, 6.07) is -0.0629. The van der Waals surface area contributed by atoms with Crippen LogP contribution in [0.3, 0.4) is 0 Å². The SMILES string of the molecule is C=C(C)C(=O)NCC(=O)OC1C2CC3C(=O)N(C(C)(C)C)C1C3S2. The number of nitrogens with zero attached hydrogens (tertiary/aromatic N) is 1. The number of nitrogens with one attached hydrogen (secondary N) is 1. The summed E-state index contributed by atoms with van der Waals surface area (Å²) in [5.74, 6) is -0.585. The van der Waals surface area contributed by atoms with Crippen LogP contribution in [0.25, 0.3) is 0 Å². The Hall–Kier alpha value is -1.50. The van der Waals surface area contributed by atoms with Crippen LogP contribution in [0, 0.1) is 5.92 Å². The second-order valence-corrected chi connectivity index (χ2v) is 9.19. The van der Waals surface area contributed by atoms with Crippen molar-refractivity contribution in [2.24, 2.45) is 5.92 Å². The molecule has 3 fully saturated rings. The first-order chi connectivity index (χ1) is 11.1. The van der Waals surface area contributed by atoms with E-state index in [0.29, 0.717) is 5.57 Å². The van der Waals surface area contributed by atoms with Gasteiger partial charge >= 0.3 is 5.97 Å². The van der Waals surface area contributed by atoms with Crippen LogP contribution in [0.1, 0.15) is 34.1 Å². The van der Waals surface area contributed by atoms with Crippen LogP contribution in [0.4, 0.5) is 0 Å². The van der Waals surface area contributed by atoms with E-state index in [-0.39, 0.29) is 52.5 Å². The fourth-order valence-corrected chi connectivity index (χ4v) is 5.90. The predicted octanol–water partition coefficient (Wildman–Crippen LogP) is 1.10. The van der Waals surface area contributed by atoms with Gasteiger partial charge in [0.15, 0.2) is 0 Å². The van der Waals surface area contributed by atoms with Gasteiger partial charge in [-0.1, -0.05) is 6.58 Å². The highest BCUT2D eigenvalue weighted by atomic mass is 32.2. The van der Waals surface area contributed by atoms with Crippen molar-refractivity contribution in [1.82, 2.24) is 10.2 Å². The molecule has 0 aromatic carbocycles. The molecular weight excluding hydrogens is 328 g/mol. The molecule has 3 aliphatic heterocycles. The van der Waals surface area contributed by atoms with Crippen molar-refractivity contribution in [1.29, 1.82) is 0 Å². The van der Waals surface area contributed by atoms with Gasteiger partial charge in [0.25, 0.3) is 0 Å². The molecule has 0 saturated carbocycles. The lowest BCUT2D eigenvalue weighted by Gasteiger charge is -2.39. The minimum absolute atomic E-state index is 0.0577. The maximum atomic E-state index is 12.7. The third-order valence-electron chi connectivity index (χ3n) is 4.88. The van der Waals surface area contributed by atoms with Crippen LogP contribution in [-0.2, 0) is 19.1 Å². The van der Waals surface area contributed by atoms with Crippen molar-refractivity contribution in [3.8, 4) is 0 Å². The molecule has 0 aliphatic carbocycles. The summed E-state index contributed by atoms with van der Waals surface area (Å²) >= 11 is 1.77. The number of thioether (sulfide) groups is 1. The molecule has 24 heavy (non-hydrogen) atoms. The van der Waals surface area contributed by atoms with E-state index < -0.39 is 5.97 Å². The summed E-state index contributed by atoms with van der Waals surface area (Å²) in [5.41, 5.74) is 0.0503. The maximum Gasteiger partial charge on any atom is 0.325 e. The van der Waals surface area contributed by atoms with Gasteiger partial charge in [-0.05, 0) is 34.1 Å². The molecule has 3 aliphatic rings. The fourth-order valence-electron chi connectivity index (χ4n) is 3.95. The Morgan fingerprint density at radius 1 is 1.42 bits per heavy atom. The second-order valence-electron chi connectivity index (χ2n) is 7.77. The number of amides is 2.